The Balaban J connectivity index is 2.34. The van der Waals surface area contributed by atoms with Crippen molar-refractivity contribution >= 4 is 15.9 Å². The van der Waals surface area contributed by atoms with Gasteiger partial charge in [-0.3, -0.25) is 0 Å². The zero-order valence-electron chi connectivity index (χ0n) is 12.8. The third-order valence-corrected chi connectivity index (χ3v) is 5.25. The van der Waals surface area contributed by atoms with E-state index in [1.165, 1.54) is 47.7 Å². The van der Waals surface area contributed by atoms with Gasteiger partial charge >= 0.3 is 0 Å². The normalized spacial score (nSPS) is 18.0. The van der Waals surface area contributed by atoms with E-state index in [4.69, 9.17) is 4.74 Å². The molecule has 1 aliphatic carbocycles. The molecule has 1 saturated carbocycles. The van der Waals surface area contributed by atoms with Crippen LogP contribution in [0, 0.1) is 12.8 Å². The molecule has 1 N–H and O–H groups in total. The summed E-state index contributed by atoms with van der Waals surface area (Å²) in [6, 6.07) is 4.80. The van der Waals surface area contributed by atoms with Gasteiger partial charge in [-0.2, -0.15) is 0 Å². The smallest absolute Gasteiger partial charge is 0.123 e. The molecule has 0 heterocycles. The van der Waals surface area contributed by atoms with Crippen molar-refractivity contribution in [2.24, 2.45) is 5.92 Å². The average Bonchev–Trinajstić information content (AvgIpc) is 2.48. The van der Waals surface area contributed by atoms with E-state index in [0.29, 0.717) is 6.04 Å². The highest BCUT2D eigenvalue weighted by atomic mass is 79.9. The Hall–Kier alpha value is -0.540. The second kappa shape index (κ2) is 7.46. The van der Waals surface area contributed by atoms with Crippen molar-refractivity contribution in [2.75, 3.05) is 13.7 Å². The Morgan fingerprint density at radius 3 is 2.60 bits per heavy atom. The molecule has 112 valence electrons. The van der Waals surface area contributed by atoms with Crippen LogP contribution in [0.2, 0.25) is 0 Å². The van der Waals surface area contributed by atoms with Crippen molar-refractivity contribution in [3.8, 4) is 5.75 Å². The molecule has 1 unspecified atom stereocenters. The summed E-state index contributed by atoms with van der Waals surface area (Å²) in [7, 11) is 1.77. The van der Waals surface area contributed by atoms with Gasteiger partial charge in [0.25, 0.3) is 0 Å². The van der Waals surface area contributed by atoms with E-state index >= 15 is 0 Å². The Labute approximate surface area is 131 Å². The minimum absolute atomic E-state index is 0.409. The molecule has 0 bridgehead atoms. The summed E-state index contributed by atoms with van der Waals surface area (Å²) < 4.78 is 6.81. The maximum absolute atomic E-state index is 5.64. The zero-order chi connectivity index (χ0) is 14.5. The molecule has 0 spiro atoms. The number of nitrogens with one attached hydrogen (secondary N) is 1. The highest BCUT2D eigenvalue weighted by molar-refractivity contribution is 9.10. The van der Waals surface area contributed by atoms with Gasteiger partial charge in [0.05, 0.1) is 7.11 Å². The highest BCUT2D eigenvalue weighted by Gasteiger charge is 2.27. The summed E-state index contributed by atoms with van der Waals surface area (Å²) in [4.78, 5) is 0. The monoisotopic (exact) mass is 339 g/mol. The van der Waals surface area contributed by atoms with E-state index in [9.17, 15) is 0 Å². The van der Waals surface area contributed by atoms with Gasteiger partial charge in [-0.1, -0.05) is 42.1 Å². The third-order valence-electron chi connectivity index (χ3n) is 4.39. The first-order valence-corrected chi connectivity index (χ1v) is 8.54. The van der Waals surface area contributed by atoms with Crippen molar-refractivity contribution in [3.63, 3.8) is 0 Å². The second-order valence-electron chi connectivity index (χ2n) is 5.78. The fraction of sp³-hybridized carbons (Fsp3) is 0.647. The van der Waals surface area contributed by atoms with Crippen LogP contribution in [0.25, 0.3) is 0 Å². The number of rotatable bonds is 5. The molecule has 0 aliphatic heterocycles. The van der Waals surface area contributed by atoms with Crippen LogP contribution >= 0.6 is 15.9 Å². The molecule has 0 radical (unpaired) electrons. The van der Waals surface area contributed by atoms with Crippen LogP contribution in [0.4, 0.5) is 0 Å². The zero-order valence-corrected chi connectivity index (χ0v) is 14.4. The van der Waals surface area contributed by atoms with Gasteiger partial charge in [0.1, 0.15) is 5.75 Å². The Morgan fingerprint density at radius 1 is 1.30 bits per heavy atom. The number of benzene rings is 1. The SMILES string of the molecule is CCNC(c1cc(Br)c(C)cc1OC)C1CCCCC1. The van der Waals surface area contributed by atoms with Crippen molar-refractivity contribution < 1.29 is 4.74 Å². The number of aryl methyl sites for hydroxylation is 1. The lowest BCUT2D eigenvalue weighted by molar-refractivity contribution is 0.268. The highest BCUT2D eigenvalue weighted by Crippen LogP contribution is 2.39. The molecule has 20 heavy (non-hydrogen) atoms. The van der Waals surface area contributed by atoms with Crippen molar-refractivity contribution in [1.82, 2.24) is 5.32 Å². The summed E-state index contributed by atoms with van der Waals surface area (Å²) >= 11 is 3.67. The van der Waals surface area contributed by atoms with E-state index in [2.05, 4.69) is 47.2 Å². The molecule has 0 saturated heterocycles. The van der Waals surface area contributed by atoms with Crippen molar-refractivity contribution in [1.29, 1.82) is 0 Å². The topological polar surface area (TPSA) is 21.3 Å². The molecule has 1 aliphatic rings. The fourth-order valence-electron chi connectivity index (χ4n) is 3.31. The molecular weight excluding hydrogens is 314 g/mol. The number of halogens is 1. The van der Waals surface area contributed by atoms with Gasteiger partial charge in [0.2, 0.25) is 0 Å². The molecule has 1 aromatic carbocycles. The minimum Gasteiger partial charge on any atom is -0.496 e. The molecule has 2 nitrogen and oxygen atoms in total. The van der Waals surface area contributed by atoms with E-state index < -0.39 is 0 Å². The lowest BCUT2D eigenvalue weighted by atomic mass is 9.80. The predicted molar refractivity (Wildman–Crippen MR) is 88.4 cm³/mol. The lowest BCUT2D eigenvalue weighted by Crippen LogP contribution is -2.30. The standard InChI is InChI=1S/C17H26BrNO/c1-4-19-17(13-8-6-5-7-9-13)14-11-15(18)12(2)10-16(14)20-3/h10-11,13,17,19H,4-9H2,1-3H3. The first-order chi connectivity index (χ1) is 9.67. The van der Waals surface area contributed by atoms with E-state index in [1.807, 2.05) is 0 Å². The van der Waals surface area contributed by atoms with Crippen LogP contribution < -0.4 is 10.1 Å². The largest absolute Gasteiger partial charge is 0.496 e. The first kappa shape index (κ1) is 15.8. The third kappa shape index (κ3) is 3.56. The quantitative estimate of drug-likeness (QED) is 0.815. The van der Waals surface area contributed by atoms with Crippen LogP contribution in [0.1, 0.15) is 56.2 Å². The summed E-state index contributed by atoms with van der Waals surface area (Å²) in [5.74, 6) is 1.74. The Bertz CT molecular complexity index is 441. The fourth-order valence-corrected chi connectivity index (χ4v) is 3.67. The summed E-state index contributed by atoms with van der Waals surface area (Å²) in [6.45, 7) is 5.29. The van der Waals surface area contributed by atoms with Crippen molar-refractivity contribution in [3.05, 3.63) is 27.7 Å². The average molecular weight is 340 g/mol. The van der Waals surface area contributed by atoms with E-state index in [1.54, 1.807) is 7.11 Å². The maximum atomic E-state index is 5.64. The summed E-state index contributed by atoms with van der Waals surface area (Å²) in [5.41, 5.74) is 2.53. The molecule has 2 rings (SSSR count). The molecule has 0 aromatic heterocycles. The molecular formula is C17H26BrNO. The maximum Gasteiger partial charge on any atom is 0.123 e. The summed E-state index contributed by atoms with van der Waals surface area (Å²) in [6.07, 6.45) is 6.77. The van der Waals surface area contributed by atoms with Crippen LogP contribution in [-0.2, 0) is 0 Å². The van der Waals surface area contributed by atoms with Gasteiger partial charge in [0.15, 0.2) is 0 Å². The number of hydrogen-bond donors (Lipinski definition) is 1. The summed E-state index contributed by atoms with van der Waals surface area (Å²) in [5, 5.41) is 3.69. The molecule has 1 fully saturated rings. The van der Waals surface area contributed by atoms with Gasteiger partial charge in [0, 0.05) is 16.1 Å². The van der Waals surface area contributed by atoms with E-state index in [-0.39, 0.29) is 0 Å². The molecule has 1 aromatic rings. The van der Waals surface area contributed by atoms with Crippen molar-refractivity contribution in [2.45, 2.75) is 52.0 Å². The van der Waals surface area contributed by atoms with E-state index in [0.717, 1.165) is 18.2 Å². The van der Waals surface area contributed by atoms with Crippen LogP contribution in [0.15, 0.2) is 16.6 Å². The van der Waals surface area contributed by atoms with Gasteiger partial charge in [-0.05, 0) is 49.9 Å². The predicted octanol–water partition coefficient (Wildman–Crippen LogP) is 5.00. The van der Waals surface area contributed by atoms with Crippen LogP contribution in [0.3, 0.4) is 0 Å². The van der Waals surface area contributed by atoms with Gasteiger partial charge in [-0.25, -0.2) is 0 Å². The van der Waals surface area contributed by atoms with Gasteiger partial charge < -0.3 is 10.1 Å². The minimum atomic E-state index is 0.409. The number of ether oxygens (including phenoxy) is 1. The van der Waals surface area contributed by atoms with Crippen LogP contribution in [-0.4, -0.2) is 13.7 Å². The van der Waals surface area contributed by atoms with Crippen LogP contribution in [0.5, 0.6) is 5.75 Å². The Kier molecular flexibility index (Phi) is 5.91. The second-order valence-corrected chi connectivity index (χ2v) is 6.63. The molecule has 1 atom stereocenters. The molecule has 3 heteroatoms. The number of methoxy groups -OCH3 is 1. The lowest BCUT2D eigenvalue weighted by Gasteiger charge is -2.32. The Morgan fingerprint density at radius 2 is 2.00 bits per heavy atom. The van der Waals surface area contributed by atoms with Gasteiger partial charge in [-0.15, -0.1) is 0 Å². The molecule has 0 amide bonds. The number of hydrogen-bond acceptors (Lipinski definition) is 2. The first-order valence-electron chi connectivity index (χ1n) is 7.74.